The van der Waals surface area contributed by atoms with E-state index in [1.165, 1.54) is 0 Å². The van der Waals surface area contributed by atoms with Gasteiger partial charge < -0.3 is 0 Å². The summed E-state index contributed by atoms with van der Waals surface area (Å²) in [6, 6.07) is 10.1. The van der Waals surface area contributed by atoms with Crippen LogP contribution in [0.2, 0.25) is 0 Å². The van der Waals surface area contributed by atoms with Crippen molar-refractivity contribution < 1.29 is 0 Å². The third kappa shape index (κ3) is 2.68. The van der Waals surface area contributed by atoms with Gasteiger partial charge in [-0.2, -0.15) is 5.10 Å². The molecule has 0 aliphatic heterocycles. The van der Waals surface area contributed by atoms with Crippen LogP contribution in [0, 0.1) is 0 Å². The lowest BCUT2D eigenvalue weighted by Crippen LogP contribution is -2.29. The molecule has 0 unspecified atom stereocenters. The Morgan fingerprint density at radius 3 is 2.69 bits per heavy atom. The first kappa shape index (κ1) is 10.9. The van der Waals surface area contributed by atoms with E-state index < -0.39 is 0 Å². The summed E-state index contributed by atoms with van der Waals surface area (Å²) in [5.74, 6) is 0. The maximum atomic E-state index is 4.32. The fourth-order valence-corrected chi connectivity index (χ4v) is 1.42. The topological polar surface area (TPSA) is 33.1 Å². The Balaban J connectivity index is 2.08. The van der Waals surface area contributed by atoms with Crippen LogP contribution in [-0.4, -0.2) is 28.9 Å². The smallest absolute Gasteiger partial charge is 0.0645 e. The van der Waals surface area contributed by atoms with Gasteiger partial charge in [0, 0.05) is 32.4 Å². The van der Waals surface area contributed by atoms with Crippen molar-refractivity contribution in [2.24, 2.45) is 0 Å². The second-order valence-corrected chi connectivity index (χ2v) is 3.86. The van der Waals surface area contributed by atoms with Gasteiger partial charge in [0.05, 0.1) is 11.9 Å². The molecule has 2 aromatic rings. The highest BCUT2D eigenvalue weighted by Crippen LogP contribution is 2.07. The fraction of sp³-hybridized carbons (Fsp3) is 0.250. The number of hydrogen-bond acceptors (Lipinski definition) is 3. The number of rotatable bonds is 4. The van der Waals surface area contributed by atoms with Gasteiger partial charge in [0.25, 0.3) is 0 Å². The van der Waals surface area contributed by atoms with Crippen LogP contribution in [0.4, 0.5) is 0 Å². The predicted octanol–water partition coefficient (Wildman–Crippen LogP) is 1.44. The van der Waals surface area contributed by atoms with Crippen molar-refractivity contribution in [1.29, 1.82) is 0 Å². The Kier molecular flexibility index (Phi) is 3.34. The van der Waals surface area contributed by atoms with Crippen molar-refractivity contribution in [3.05, 3.63) is 48.3 Å². The largest absolute Gasteiger partial charge is 0.251 e. The molecule has 0 amide bonds. The summed E-state index contributed by atoms with van der Waals surface area (Å²) >= 11 is 0. The van der Waals surface area contributed by atoms with Gasteiger partial charge in [0.15, 0.2) is 0 Å². The van der Waals surface area contributed by atoms with Crippen molar-refractivity contribution in [2.75, 3.05) is 14.1 Å². The Labute approximate surface area is 95.5 Å². The average molecular weight is 216 g/mol. The summed E-state index contributed by atoms with van der Waals surface area (Å²) < 4.78 is 1.88. The third-order valence-corrected chi connectivity index (χ3v) is 2.26. The van der Waals surface area contributed by atoms with E-state index in [1.54, 1.807) is 0 Å². The lowest BCUT2D eigenvalue weighted by Gasteiger charge is -2.09. The molecule has 1 aromatic carbocycles. The number of para-hydroxylation sites is 1. The summed E-state index contributed by atoms with van der Waals surface area (Å²) in [4.78, 5) is 0. The summed E-state index contributed by atoms with van der Waals surface area (Å²) in [6.07, 6.45) is 3.91. The molecule has 0 fully saturated rings. The first-order valence-corrected chi connectivity index (χ1v) is 5.25. The zero-order chi connectivity index (χ0) is 11.4. The molecule has 84 valence electrons. The molecule has 0 spiro atoms. The van der Waals surface area contributed by atoms with E-state index in [4.69, 9.17) is 0 Å². The summed E-state index contributed by atoms with van der Waals surface area (Å²) in [7, 11) is 3.95. The van der Waals surface area contributed by atoms with E-state index in [-0.39, 0.29) is 0 Å². The number of nitrogens with one attached hydrogen (secondary N) is 1. The van der Waals surface area contributed by atoms with E-state index in [0.717, 1.165) is 17.8 Å². The van der Waals surface area contributed by atoms with E-state index in [1.807, 2.05) is 66.5 Å². The molecule has 2 rings (SSSR count). The maximum Gasteiger partial charge on any atom is 0.0645 e. The van der Waals surface area contributed by atoms with Crippen molar-refractivity contribution >= 4 is 0 Å². The number of benzene rings is 1. The standard InChI is InChI=1S/C12H16N4/c1-15(2)13-8-11-9-14-16(10-11)12-6-4-3-5-7-12/h3-7,9-10,13H,8H2,1-2H3. The summed E-state index contributed by atoms with van der Waals surface area (Å²) in [5, 5.41) is 6.25. The van der Waals surface area contributed by atoms with Crippen molar-refractivity contribution in [2.45, 2.75) is 6.54 Å². The number of aromatic nitrogens is 2. The van der Waals surface area contributed by atoms with Crippen LogP contribution in [0.1, 0.15) is 5.56 Å². The van der Waals surface area contributed by atoms with Gasteiger partial charge in [-0.3, -0.25) is 10.4 Å². The molecule has 0 aliphatic carbocycles. The van der Waals surface area contributed by atoms with Gasteiger partial charge >= 0.3 is 0 Å². The lowest BCUT2D eigenvalue weighted by atomic mass is 10.3. The van der Waals surface area contributed by atoms with E-state index in [0.29, 0.717) is 0 Å². The Hall–Kier alpha value is -1.65. The number of nitrogens with zero attached hydrogens (tertiary/aromatic N) is 3. The van der Waals surface area contributed by atoms with Crippen LogP contribution in [0.15, 0.2) is 42.7 Å². The van der Waals surface area contributed by atoms with E-state index >= 15 is 0 Å². The Morgan fingerprint density at radius 2 is 2.00 bits per heavy atom. The highest BCUT2D eigenvalue weighted by molar-refractivity contribution is 5.30. The Bertz CT molecular complexity index is 433. The number of hydrazine groups is 1. The van der Waals surface area contributed by atoms with Gasteiger partial charge in [0.1, 0.15) is 0 Å². The van der Waals surface area contributed by atoms with Crippen molar-refractivity contribution in [1.82, 2.24) is 20.2 Å². The highest BCUT2D eigenvalue weighted by Gasteiger charge is 2.00. The molecule has 0 aliphatic rings. The molecule has 0 saturated carbocycles. The van der Waals surface area contributed by atoms with E-state index in [9.17, 15) is 0 Å². The lowest BCUT2D eigenvalue weighted by molar-refractivity contribution is 0.286. The van der Waals surface area contributed by atoms with Crippen LogP contribution >= 0.6 is 0 Å². The predicted molar refractivity (Wildman–Crippen MR) is 64.1 cm³/mol. The van der Waals surface area contributed by atoms with Crippen molar-refractivity contribution in [3.8, 4) is 5.69 Å². The molecule has 0 atom stereocenters. The van der Waals surface area contributed by atoms with Crippen LogP contribution in [0.25, 0.3) is 5.69 Å². The molecule has 1 heterocycles. The van der Waals surface area contributed by atoms with Gasteiger partial charge in [-0.15, -0.1) is 0 Å². The van der Waals surface area contributed by atoms with Gasteiger partial charge in [-0.1, -0.05) is 18.2 Å². The molecular weight excluding hydrogens is 200 g/mol. The van der Waals surface area contributed by atoms with Crippen LogP contribution in [-0.2, 0) is 6.54 Å². The summed E-state index contributed by atoms with van der Waals surface area (Å²) in [5.41, 5.74) is 5.45. The monoisotopic (exact) mass is 216 g/mol. The highest BCUT2D eigenvalue weighted by atomic mass is 15.5. The first-order chi connectivity index (χ1) is 7.75. The first-order valence-electron chi connectivity index (χ1n) is 5.25. The molecule has 0 bridgehead atoms. The van der Waals surface area contributed by atoms with Gasteiger partial charge in [0.2, 0.25) is 0 Å². The minimum atomic E-state index is 0.792. The fourth-order valence-electron chi connectivity index (χ4n) is 1.42. The number of hydrogen-bond donors (Lipinski definition) is 1. The third-order valence-electron chi connectivity index (χ3n) is 2.26. The molecule has 0 saturated heterocycles. The zero-order valence-corrected chi connectivity index (χ0v) is 9.59. The molecule has 4 nitrogen and oxygen atoms in total. The maximum absolute atomic E-state index is 4.32. The van der Waals surface area contributed by atoms with Crippen LogP contribution < -0.4 is 5.43 Å². The normalized spacial score (nSPS) is 10.9. The molecule has 16 heavy (non-hydrogen) atoms. The molecular formula is C12H16N4. The van der Waals surface area contributed by atoms with Gasteiger partial charge in [-0.25, -0.2) is 4.68 Å². The summed E-state index contributed by atoms with van der Waals surface area (Å²) in [6.45, 7) is 0.792. The molecule has 1 N–H and O–H groups in total. The quantitative estimate of drug-likeness (QED) is 0.785. The minimum absolute atomic E-state index is 0.792. The molecule has 4 heteroatoms. The van der Waals surface area contributed by atoms with E-state index in [2.05, 4.69) is 10.5 Å². The SMILES string of the molecule is CN(C)NCc1cnn(-c2ccccc2)c1. The Morgan fingerprint density at radius 1 is 1.25 bits per heavy atom. The van der Waals surface area contributed by atoms with Gasteiger partial charge in [-0.05, 0) is 12.1 Å². The second kappa shape index (κ2) is 4.92. The minimum Gasteiger partial charge on any atom is -0.251 e. The molecule has 0 radical (unpaired) electrons. The second-order valence-electron chi connectivity index (χ2n) is 3.86. The van der Waals surface area contributed by atoms with Crippen LogP contribution in [0.5, 0.6) is 0 Å². The van der Waals surface area contributed by atoms with Crippen LogP contribution in [0.3, 0.4) is 0 Å². The molecule has 1 aromatic heterocycles. The zero-order valence-electron chi connectivity index (χ0n) is 9.59. The average Bonchev–Trinajstić information content (AvgIpc) is 2.76. The van der Waals surface area contributed by atoms with Crippen molar-refractivity contribution in [3.63, 3.8) is 0 Å².